The van der Waals surface area contributed by atoms with E-state index >= 15 is 0 Å². The summed E-state index contributed by atoms with van der Waals surface area (Å²) in [5.41, 5.74) is 4.11. The summed E-state index contributed by atoms with van der Waals surface area (Å²) in [4.78, 5) is 17.8. The quantitative estimate of drug-likeness (QED) is 0.500. The fourth-order valence-electron chi connectivity index (χ4n) is 4.36. The predicted octanol–water partition coefficient (Wildman–Crippen LogP) is 3.99. The summed E-state index contributed by atoms with van der Waals surface area (Å²) < 4.78 is 23.5. The highest BCUT2D eigenvalue weighted by molar-refractivity contribution is 5.91. The van der Waals surface area contributed by atoms with Gasteiger partial charge in [-0.25, -0.2) is 4.98 Å². The molecule has 2 heterocycles. The fraction of sp³-hybridized carbons (Fsp3) is 0.407. The molecule has 4 rings (SSSR count). The van der Waals surface area contributed by atoms with E-state index in [9.17, 15) is 4.79 Å². The molecule has 35 heavy (non-hydrogen) atoms. The molecule has 1 aliphatic heterocycles. The number of hydrogen-bond donors (Lipinski definition) is 1. The van der Waals surface area contributed by atoms with Crippen molar-refractivity contribution in [2.24, 2.45) is 13.0 Å². The number of carbonyl (C=O) groups is 1. The highest BCUT2D eigenvalue weighted by atomic mass is 16.5. The van der Waals surface area contributed by atoms with Gasteiger partial charge in [-0.05, 0) is 48.2 Å². The number of carbonyl (C=O) groups excluding carboxylic acids is 1. The number of methoxy groups -OCH3 is 3. The van der Waals surface area contributed by atoms with Crippen molar-refractivity contribution in [2.45, 2.75) is 25.7 Å². The largest absolute Gasteiger partial charge is 0.497 e. The third-order valence-corrected chi connectivity index (χ3v) is 6.47. The van der Waals surface area contributed by atoms with Crippen LogP contribution < -0.4 is 19.5 Å². The first-order valence-electron chi connectivity index (χ1n) is 11.8. The number of aromatic nitrogens is 2. The standard InChI is InChI=1S/C27H33N3O5/c1-30-23(16-19-7-10-24(33-3)25(17-19)34-4)22(15-18-5-8-21(32-2)9-6-18)28-27(30)29-26(31)20-11-13-35-14-12-20/h5-10,17,20H,11-16H2,1-4H3,(H,28,29,31). The van der Waals surface area contributed by atoms with E-state index in [1.54, 1.807) is 21.3 Å². The van der Waals surface area contributed by atoms with Crippen LogP contribution in [0.5, 0.6) is 17.2 Å². The van der Waals surface area contributed by atoms with Crippen LogP contribution >= 0.6 is 0 Å². The van der Waals surface area contributed by atoms with Crippen LogP contribution in [0.4, 0.5) is 5.95 Å². The second-order valence-electron chi connectivity index (χ2n) is 8.65. The minimum atomic E-state index is -0.0558. The lowest BCUT2D eigenvalue weighted by molar-refractivity contribution is -0.122. The molecule has 186 valence electrons. The number of ether oxygens (including phenoxy) is 4. The molecule has 3 aromatic rings. The number of hydrogen-bond acceptors (Lipinski definition) is 6. The molecule has 1 saturated heterocycles. The SMILES string of the molecule is COc1ccc(Cc2nc(NC(=O)C3CCOCC3)n(C)c2Cc2ccc(OC)c(OC)c2)cc1. The molecule has 0 bridgehead atoms. The second-order valence-corrected chi connectivity index (χ2v) is 8.65. The summed E-state index contributed by atoms with van der Waals surface area (Å²) in [7, 11) is 6.85. The van der Waals surface area contributed by atoms with Crippen LogP contribution in [-0.2, 0) is 29.4 Å². The molecular weight excluding hydrogens is 446 g/mol. The van der Waals surface area contributed by atoms with Gasteiger partial charge in [0, 0.05) is 44.7 Å². The van der Waals surface area contributed by atoms with Gasteiger partial charge < -0.3 is 23.5 Å². The third kappa shape index (κ3) is 5.77. The normalized spacial score (nSPS) is 13.9. The van der Waals surface area contributed by atoms with Gasteiger partial charge in [0.05, 0.1) is 27.0 Å². The molecular formula is C27H33N3O5. The Kier molecular flexibility index (Phi) is 7.92. The van der Waals surface area contributed by atoms with Crippen molar-refractivity contribution in [1.29, 1.82) is 0 Å². The maximum atomic E-state index is 12.9. The Morgan fingerprint density at radius 3 is 2.31 bits per heavy atom. The summed E-state index contributed by atoms with van der Waals surface area (Å²) in [5.74, 6) is 2.67. The van der Waals surface area contributed by atoms with E-state index in [1.807, 2.05) is 54.1 Å². The Morgan fingerprint density at radius 1 is 0.971 bits per heavy atom. The summed E-state index contributed by atoms with van der Waals surface area (Å²) >= 11 is 0. The van der Waals surface area contributed by atoms with Gasteiger partial charge >= 0.3 is 0 Å². The predicted molar refractivity (Wildman–Crippen MR) is 134 cm³/mol. The highest BCUT2D eigenvalue weighted by Crippen LogP contribution is 2.30. The molecule has 1 amide bonds. The van der Waals surface area contributed by atoms with Crippen LogP contribution in [0.2, 0.25) is 0 Å². The number of benzene rings is 2. The molecule has 0 radical (unpaired) electrons. The number of nitrogens with one attached hydrogen (secondary N) is 1. The lowest BCUT2D eigenvalue weighted by Crippen LogP contribution is -2.29. The first-order valence-corrected chi connectivity index (χ1v) is 11.8. The molecule has 0 aliphatic carbocycles. The topological polar surface area (TPSA) is 83.8 Å². The lowest BCUT2D eigenvalue weighted by Gasteiger charge is -2.21. The van der Waals surface area contributed by atoms with Crippen LogP contribution in [-0.4, -0.2) is 50.0 Å². The highest BCUT2D eigenvalue weighted by Gasteiger charge is 2.24. The molecule has 1 N–H and O–H groups in total. The molecule has 2 aromatic carbocycles. The summed E-state index contributed by atoms with van der Waals surface area (Å²) in [6.07, 6.45) is 2.72. The number of anilines is 1. The van der Waals surface area contributed by atoms with Gasteiger partial charge in [0.15, 0.2) is 11.5 Å². The van der Waals surface area contributed by atoms with Gasteiger partial charge in [-0.1, -0.05) is 18.2 Å². The molecule has 0 unspecified atom stereocenters. The van der Waals surface area contributed by atoms with E-state index in [-0.39, 0.29) is 11.8 Å². The first-order chi connectivity index (χ1) is 17.0. The summed E-state index contributed by atoms with van der Waals surface area (Å²) in [6.45, 7) is 1.23. The van der Waals surface area contributed by atoms with Crippen molar-refractivity contribution in [1.82, 2.24) is 9.55 Å². The van der Waals surface area contributed by atoms with E-state index in [0.29, 0.717) is 43.5 Å². The number of nitrogens with zero attached hydrogens (tertiary/aromatic N) is 2. The molecule has 8 nitrogen and oxygen atoms in total. The van der Waals surface area contributed by atoms with Crippen LogP contribution in [0, 0.1) is 5.92 Å². The van der Waals surface area contributed by atoms with E-state index in [2.05, 4.69) is 5.32 Å². The van der Waals surface area contributed by atoms with Gasteiger partial charge in [-0.3, -0.25) is 10.1 Å². The van der Waals surface area contributed by atoms with Gasteiger partial charge in [-0.2, -0.15) is 0 Å². The van der Waals surface area contributed by atoms with Gasteiger partial charge in [0.2, 0.25) is 11.9 Å². The Labute approximate surface area is 206 Å². The van der Waals surface area contributed by atoms with Crippen LogP contribution in [0.1, 0.15) is 35.4 Å². The second kappa shape index (κ2) is 11.3. The minimum Gasteiger partial charge on any atom is -0.497 e. The van der Waals surface area contributed by atoms with Gasteiger partial charge in [-0.15, -0.1) is 0 Å². The molecule has 0 atom stereocenters. The molecule has 8 heteroatoms. The Bertz CT molecular complexity index is 1150. The molecule has 1 fully saturated rings. The van der Waals surface area contributed by atoms with E-state index < -0.39 is 0 Å². The van der Waals surface area contributed by atoms with Crippen molar-refractivity contribution in [3.8, 4) is 17.2 Å². The van der Waals surface area contributed by atoms with Crippen LogP contribution in [0.15, 0.2) is 42.5 Å². The summed E-state index contributed by atoms with van der Waals surface area (Å²) in [6, 6.07) is 13.9. The van der Waals surface area contributed by atoms with Crippen molar-refractivity contribution >= 4 is 11.9 Å². The average Bonchev–Trinajstić information content (AvgIpc) is 3.18. The van der Waals surface area contributed by atoms with Crippen molar-refractivity contribution in [2.75, 3.05) is 39.9 Å². The summed E-state index contributed by atoms with van der Waals surface area (Å²) in [5, 5.41) is 3.06. The molecule has 0 saturated carbocycles. The number of imidazole rings is 1. The third-order valence-electron chi connectivity index (χ3n) is 6.47. The van der Waals surface area contributed by atoms with Crippen molar-refractivity contribution < 1.29 is 23.7 Å². The fourth-order valence-corrected chi connectivity index (χ4v) is 4.36. The zero-order valence-corrected chi connectivity index (χ0v) is 20.8. The molecule has 1 aromatic heterocycles. The van der Waals surface area contributed by atoms with Crippen LogP contribution in [0.25, 0.3) is 0 Å². The average molecular weight is 480 g/mol. The Morgan fingerprint density at radius 2 is 1.66 bits per heavy atom. The van der Waals surface area contributed by atoms with E-state index in [4.69, 9.17) is 23.9 Å². The number of amides is 1. The van der Waals surface area contributed by atoms with E-state index in [0.717, 1.165) is 41.1 Å². The monoisotopic (exact) mass is 479 g/mol. The maximum Gasteiger partial charge on any atom is 0.229 e. The maximum absolute atomic E-state index is 12.9. The van der Waals surface area contributed by atoms with Crippen molar-refractivity contribution in [3.63, 3.8) is 0 Å². The lowest BCUT2D eigenvalue weighted by atomic mass is 10.00. The molecule has 0 spiro atoms. The number of rotatable bonds is 9. The van der Waals surface area contributed by atoms with Gasteiger partial charge in [0.25, 0.3) is 0 Å². The van der Waals surface area contributed by atoms with E-state index in [1.165, 1.54) is 0 Å². The van der Waals surface area contributed by atoms with Crippen molar-refractivity contribution in [3.05, 3.63) is 65.0 Å². The first kappa shape index (κ1) is 24.6. The zero-order valence-electron chi connectivity index (χ0n) is 20.8. The Balaban J connectivity index is 1.64. The van der Waals surface area contributed by atoms with Gasteiger partial charge in [0.1, 0.15) is 5.75 Å². The van der Waals surface area contributed by atoms with Crippen LogP contribution in [0.3, 0.4) is 0 Å². The Hall–Kier alpha value is -3.52. The smallest absolute Gasteiger partial charge is 0.229 e. The zero-order chi connectivity index (χ0) is 24.8. The minimum absolute atomic E-state index is 0.00457. The molecule has 1 aliphatic rings.